The van der Waals surface area contributed by atoms with Crippen LogP contribution in [0.15, 0.2) is 41.0 Å². The summed E-state index contributed by atoms with van der Waals surface area (Å²) in [6.45, 7) is 2.60. The Morgan fingerprint density at radius 1 is 1.28 bits per heavy atom. The lowest BCUT2D eigenvalue weighted by molar-refractivity contribution is -0.275. The normalized spacial score (nSPS) is 15.6. The van der Waals surface area contributed by atoms with Crippen LogP contribution in [-0.4, -0.2) is 32.0 Å². The Morgan fingerprint density at radius 2 is 1.93 bits per heavy atom. The van der Waals surface area contributed by atoms with Crippen LogP contribution in [0.1, 0.15) is 31.5 Å². The van der Waals surface area contributed by atoms with E-state index in [1.165, 1.54) is 12.3 Å². The summed E-state index contributed by atoms with van der Waals surface area (Å²) in [6, 6.07) is 6.15. The molecule has 0 aliphatic rings. The lowest BCUT2D eigenvalue weighted by Crippen LogP contribution is -2.44. The van der Waals surface area contributed by atoms with Crippen molar-refractivity contribution in [3.8, 4) is 5.75 Å². The molecule has 3 N–H and O–H groups in total. The van der Waals surface area contributed by atoms with Gasteiger partial charge in [-0.2, -0.15) is 0 Å². The highest BCUT2D eigenvalue weighted by Gasteiger charge is 2.44. The maximum absolute atomic E-state index is 14.4. The van der Waals surface area contributed by atoms with E-state index in [2.05, 4.69) is 25.7 Å². The van der Waals surface area contributed by atoms with Crippen molar-refractivity contribution < 1.29 is 31.6 Å². The zero-order valence-corrected chi connectivity index (χ0v) is 17.9. The highest BCUT2D eigenvalue weighted by Crippen LogP contribution is 2.43. The second kappa shape index (κ2) is 8.66. The average Bonchev–Trinajstić information content (AvgIpc) is 2.61. The topological polar surface area (TPSA) is 85.4 Å². The summed E-state index contributed by atoms with van der Waals surface area (Å²) in [4.78, 5) is 4.27. The number of hydrogen-bond acceptors (Lipinski definition) is 4. The van der Waals surface area contributed by atoms with E-state index in [1.807, 2.05) is 0 Å². The van der Waals surface area contributed by atoms with Gasteiger partial charge in [-0.15, -0.1) is 13.2 Å². The van der Waals surface area contributed by atoms with Gasteiger partial charge in [-0.05, 0) is 66.0 Å². The van der Waals surface area contributed by atoms with Crippen molar-refractivity contribution in [2.75, 3.05) is 6.61 Å². The number of benzene rings is 1. The first kappa shape index (κ1) is 23.7. The number of alkyl halides is 3. The molecule has 2 rings (SSSR count). The van der Waals surface area contributed by atoms with Crippen LogP contribution in [0.4, 0.5) is 17.6 Å². The average molecular weight is 499 g/mol. The van der Waals surface area contributed by atoms with Crippen LogP contribution in [0.2, 0.25) is 0 Å². The summed E-state index contributed by atoms with van der Waals surface area (Å²) < 4.78 is 66.9. The number of aromatic nitrogens is 1. The summed E-state index contributed by atoms with van der Waals surface area (Å²) in [5, 5.41) is 16.0. The number of nitrogens with zero attached hydrogens (tertiary/aromatic N) is 1. The number of hydrogen-bond donors (Lipinski definition) is 2. The predicted molar refractivity (Wildman–Crippen MR) is 104 cm³/mol. The van der Waals surface area contributed by atoms with Gasteiger partial charge in [0.2, 0.25) is 0 Å². The first-order valence-electron chi connectivity index (χ1n) is 8.26. The molecule has 160 valence electrons. The van der Waals surface area contributed by atoms with Gasteiger partial charge in [0.05, 0.1) is 33.4 Å². The molecular formula is C18H19BrF4N2O3S. The molecule has 2 aromatic rings. The van der Waals surface area contributed by atoms with Crippen molar-refractivity contribution in [2.45, 2.75) is 36.8 Å². The Morgan fingerprint density at radius 3 is 2.41 bits per heavy atom. The van der Waals surface area contributed by atoms with Crippen molar-refractivity contribution in [3.05, 3.63) is 58.1 Å². The van der Waals surface area contributed by atoms with Gasteiger partial charge in [-0.25, -0.2) is 8.60 Å². The molecule has 0 spiro atoms. The quantitative estimate of drug-likeness (QED) is 0.566. The van der Waals surface area contributed by atoms with E-state index < -0.39 is 45.7 Å². The van der Waals surface area contributed by atoms with E-state index in [4.69, 9.17) is 5.14 Å². The molecule has 11 heteroatoms. The standard InChI is InChI=1S/C18H19BrF4N2O3S/c1-16(2,29(24)27)9-17(10-26,15-12(19)4-3-7-25-15)11-5-6-14(13(20)8-11)28-18(21,22)23/h3-8,26H,9-10,24H2,1-2H3/t17-,29?/m1/s1. The molecule has 0 aliphatic heterocycles. The fraction of sp³-hybridized carbons (Fsp3) is 0.389. The first-order valence-corrected chi connectivity index (χ1v) is 10.3. The highest BCUT2D eigenvalue weighted by molar-refractivity contribution is 9.10. The monoisotopic (exact) mass is 498 g/mol. The Hall–Kier alpha value is -1.56. The van der Waals surface area contributed by atoms with Crippen molar-refractivity contribution in [2.24, 2.45) is 5.14 Å². The molecule has 2 atom stereocenters. The minimum absolute atomic E-state index is 0.0336. The molecule has 0 saturated heterocycles. The molecule has 1 aromatic heterocycles. The van der Waals surface area contributed by atoms with Crippen LogP contribution >= 0.6 is 15.9 Å². The summed E-state index contributed by atoms with van der Waals surface area (Å²) in [5.74, 6) is -2.27. The van der Waals surface area contributed by atoms with Crippen LogP contribution in [-0.2, 0) is 16.4 Å². The maximum atomic E-state index is 14.4. The van der Waals surface area contributed by atoms with Crippen molar-refractivity contribution in [1.29, 1.82) is 0 Å². The molecule has 0 saturated carbocycles. The summed E-state index contributed by atoms with van der Waals surface area (Å²) in [6.07, 6.45) is -3.64. The fourth-order valence-corrected chi connectivity index (χ4v) is 4.11. The van der Waals surface area contributed by atoms with E-state index in [-0.39, 0.29) is 12.0 Å². The number of nitrogens with two attached hydrogens (primary N) is 1. The van der Waals surface area contributed by atoms with E-state index in [9.17, 15) is 26.9 Å². The minimum atomic E-state index is -5.06. The van der Waals surface area contributed by atoms with Gasteiger partial charge >= 0.3 is 6.36 Å². The molecule has 0 bridgehead atoms. The molecule has 0 fully saturated rings. The molecule has 1 heterocycles. The third-order valence-corrected chi connectivity index (χ3v) is 6.34. The van der Waals surface area contributed by atoms with E-state index >= 15 is 0 Å². The van der Waals surface area contributed by atoms with Gasteiger partial charge in [-0.3, -0.25) is 10.1 Å². The van der Waals surface area contributed by atoms with Crippen molar-refractivity contribution >= 4 is 26.9 Å². The lowest BCUT2D eigenvalue weighted by atomic mass is 9.72. The second-order valence-electron chi connectivity index (χ2n) is 7.00. The SMILES string of the molecule is CC(C)(C[C@@](CO)(c1ccc(OC(F)(F)F)c(F)c1)c1ncccc1Br)S(N)=O. The summed E-state index contributed by atoms with van der Waals surface area (Å²) in [7, 11) is -1.82. The van der Waals surface area contributed by atoms with E-state index in [1.54, 1.807) is 26.0 Å². The smallest absolute Gasteiger partial charge is 0.403 e. The van der Waals surface area contributed by atoms with Crippen LogP contribution in [0.25, 0.3) is 0 Å². The zero-order valence-electron chi connectivity index (χ0n) is 15.5. The Labute approximate surface area is 176 Å². The number of aliphatic hydroxyl groups excluding tert-OH is 1. The molecule has 1 aromatic carbocycles. The number of pyridine rings is 1. The van der Waals surface area contributed by atoms with Gasteiger partial charge in [0, 0.05) is 10.7 Å². The third kappa shape index (κ3) is 5.33. The minimum Gasteiger partial charge on any atom is -0.403 e. The number of aliphatic hydroxyl groups is 1. The first-order chi connectivity index (χ1) is 13.3. The predicted octanol–water partition coefficient (Wildman–Crippen LogP) is 3.95. The number of halogens is 5. The Kier molecular flexibility index (Phi) is 7.09. The molecule has 1 unspecified atom stereocenters. The molecular weight excluding hydrogens is 480 g/mol. The van der Waals surface area contributed by atoms with Crippen LogP contribution < -0.4 is 9.88 Å². The number of rotatable bonds is 7. The van der Waals surface area contributed by atoms with Crippen LogP contribution in [0, 0.1) is 5.82 Å². The van der Waals surface area contributed by atoms with Crippen molar-refractivity contribution in [3.63, 3.8) is 0 Å². The lowest BCUT2D eigenvalue weighted by Gasteiger charge is -2.38. The Bertz CT molecular complexity index is 911. The largest absolute Gasteiger partial charge is 0.573 e. The second-order valence-corrected chi connectivity index (χ2v) is 9.56. The van der Waals surface area contributed by atoms with Crippen molar-refractivity contribution in [1.82, 2.24) is 4.98 Å². The summed E-state index contributed by atoms with van der Waals surface area (Å²) >= 11 is 3.34. The van der Waals surface area contributed by atoms with Gasteiger partial charge in [0.1, 0.15) is 0 Å². The number of ether oxygens (including phenoxy) is 1. The maximum Gasteiger partial charge on any atom is 0.573 e. The zero-order chi connectivity index (χ0) is 22.0. The van der Waals surface area contributed by atoms with Gasteiger partial charge in [0.25, 0.3) is 0 Å². The summed E-state index contributed by atoms with van der Waals surface area (Å²) in [5.41, 5.74) is -0.981. The van der Waals surface area contributed by atoms with Gasteiger partial charge in [-0.1, -0.05) is 6.07 Å². The third-order valence-electron chi connectivity index (χ3n) is 4.46. The molecule has 5 nitrogen and oxygen atoms in total. The molecule has 0 aliphatic carbocycles. The van der Waals surface area contributed by atoms with E-state index in [0.717, 1.165) is 12.1 Å². The molecule has 0 amide bonds. The van der Waals surface area contributed by atoms with Gasteiger partial charge < -0.3 is 9.84 Å². The van der Waals surface area contributed by atoms with Crippen LogP contribution in [0.3, 0.4) is 0 Å². The van der Waals surface area contributed by atoms with Gasteiger partial charge in [0.15, 0.2) is 11.6 Å². The fourth-order valence-electron chi connectivity index (χ4n) is 3.09. The van der Waals surface area contributed by atoms with E-state index in [0.29, 0.717) is 10.2 Å². The molecule has 29 heavy (non-hydrogen) atoms. The highest BCUT2D eigenvalue weighted by atomic mass is 79.9. The molecule has 0 radical (unpaired) electrons. The van der Waals surface area contributed by atoms with Crippen LogP contribution in [0.5, 0.6) is 5.75 Å². The Balaban J connectivity index is 2.69.